The van der Waals surface area contributed by atoms with E-state index >= 15 is 0 Å². The summed E-state index contributed by atoms with van der Waals surface area (Å²) in [6, 6.07) is 11.2. The molecule has 8 heteroatoms. The summed E-state index contributed by atoms with van der Waals surface area (Å²) in [5, 5.41) is 17.1. The fraction of sp³-hybridized carbons (Fsp3) is 0.190. The number of carbonyl (C=O) groups excluding carboxylic acids is 1. The normalized spacial score (nSPS) is 15.4. The van der Waals surface area contributed by atoms with E-state index in [0.29, 0.717) is 17.0 Å². The van der Waals surface area contributed by atoms with Gasteiger partial charge in [0, 0.05) is 15.3 Å². The molecule has 146 valence electrons. The van der Waals surface area contributed by atoms with Crippen LogP contribution in [0.4, 0.5) is 0 Å². The van der Waals surface area contributed by atoms with Gasteiger partial charge in [-0.15, -0.1) is 16.4 Å². The molecule has 0 fully saturated rings. The number of hydrogen-bond acceptors (Lipinski definition) is 7. The van der Waals surface area contributed by atoms with Gasteiger partial charge >= 0.3 is 5.97 Å². The third-order valence-electron chi connectivity index (χ3n) is 4.91. The number of benzene rings is 1. The lowest BCUT2D eigenvalue weighted by molar-refractivity contribution is 0.0600. The molecule has 0 aliphatic carbocycles. The molecule has 7 nitrogen and oxygen atoms in total. The molecule has 3 aromatic rings. The molecule has 3 heterocycles. The van der Waals surface area contributed by atoms with E-state index in [1.165, 1.54) is 12.0 Å². The Labute approximate surface area is 171 Å². The van der Waals surface area contributed by atoms with E-state index in [4.69, 9.17) is 15.2 Å². The largest absolute Gasteiger partial charge is 0.465 e. The predicted octanol–water partition coefficient (Wildman–Crippen LogP) is 3.76. The highest BCUT2D eigenvalue weighted by Crippen LogP contribution is 2.46. The highest BCUT2D eigenvalue weighted by Gasteiger charge is 2.36. The Morgan fingerprint density at radius 1 is 1.34 bits per heavy atom. The van der Waals surface area contributed by atoms with Crippen molar-refractivity contribution in [1.82, 2.24) is 10.2 Å². The number of aromatic nitrogens is 2. The van der Waals surface area contributed by atoms with Gasteiger partial charge in [0.15, 0.2) is 0 Å². The van der Waals surface area contributed by atoms with E-state index in [1.54, 1.807) is 35.6 Å². The van der Waals surface area contributed by atoms with Crippen molar-refractivity contribution in [3.63, 3.8) is 0 Å². The zero-order chi connectivity index (χ0) is 20.7. The fourth-order valence-electron chi connectivity index (χ4n) is 3.59. The summed E-state index contributed by atoms with van der Waals surface area (Å²) in [4.78, 5) is 14.1. The average molecular weight is 406 g/mol. The Bertz CT molecular complexity index is 1180. The minimum absolute atomic E-state index is 0.0262. The van der Waals surface area contributed by atoms with Gasteiger partial charge in [0.05, 0.1) is 29.8 Å². The molecular formula is C21H18N4O3S. The van der Waals surface area contributed by atoms with Crippen LogP contribution in [0.15, 0.2) is 41.8 Å². The molecule has 0 saturated heterocycles. The lowest BCUT2D eigenvalue weighted by Gasteiger charge is -2.24. The third-order valence-corrected chi connectivity index (χ3v) is 5.88. The lowest BCUT2D eigenvalue weighted by atomic mass is 9.83. The maximum absolute atomic E-state index is 11.8. The molecule has 3 N–H and O–H groups in total. The van der Waals surface area contributed by atoms with Crippen molar-refractivity contribution in [2.45, 2.75) is 19.8 Å². The highest BCUT2D eigenvalue weighted by atomic mass is 32.1. The number of allylic oxidation sites excluding steroid dienone is 1. The number of nitriles is 1. The minimum Gasteiger partial charge on any atom is -0.465 e. The van der Waals surface area contributed by atoms with Gasteiger partial charge in [0.25, 0.3) is 0 Å². The molecule has 1 aliphatic heterocycles. The first-order valence-corrected chi connectivity index (χ1v) is 9.67. The summed E-state index contributed by atoms with van der Waals surface area (Å²) in [7, 11) is 1.33. The number of rotatable bonds is 3. The van der Waals surface area contributed by atoms with Crippen molar-refractivity contribution in [3.05, 3.63) is 68.2 Å². The minimum atomic E-state index is -0.469. The highest BCUT2D eigenvalue weighted by molar-refractivity contribution is 7.12. The number of nitrogens with one attached hydrogen (secondary N) is 1. The fourth-order valence-corrected chi connectivity index (χ4v) is 4.52. The molecule has 0 unspecified atom stereocenters. The zero-order valence-corrected chi connectivity index (χ0v) is 16.9. The Morgan fingerprint density at radius 2 is 2.07 bits per heavy atom. The number of aromatic amines is 1. The summed E-state index contributed by atoms with van der Waals surface area (Å²) < 4.78 is 10.4. The molecule has 4 rings (SSSR count). The van der Waals surface area contributed by atoms with Crippen LogP contribution < -0.4 is 10.5 Å². The summed E-state index contributed by atoms with van der Waals surface area (Å²) in [6.45, 7) is 4.08. The summed E-state index contributed by atoms with van der Waals surface area (Å²) >= 11 is 1.69. The van der Waals surface area contributed by atoms with Gasteiger partial charge in [-0.05, 0) is 37.6 Å². The molecular weight excluding hydrogens is 388 g/mol. The lowest BCUT2D eigenvalue weighted by Crippen LogP contribution is -2.21. The molecule has 0 amide bonds. The van der Waals surface area contributed by atoms with Crippen molar-refractivity contribution in [3.8, 4) is 23.2 Å². The van der Waals surface area contributed by atoms with Crippen molar-refractivity contribution in [1.29, 1.82) is 5.26 Å². The Morgan fingerprint density at radius 3 is 2.66 bits per heavy atom. The summed E-state index contributed by atoms with van der Waals surface area (Å²) in [5.74, 6) is -0.517. The Balaban J connectivity index is 1.90. The van der Waals surface area contributed by atoms with Crippen LogP contribution in [0.1, 0.15) is 37.2 Å². The van der Waals surface area contributed by atoms with Gasteiger partial charge < -0.3 is 15.2 Å². The second-order valence-electron chi connectivity index (χ2n) is 6.68. The molecule has 0 spiro atoms. The van der Waals surface area contributed by atoms with E-state index < -0.39 is 11.9 Å². The monoisotopic (exact) mass is 406 g/mol. The number of H-pyrrole nitrogens is 1. The van der Waals surface area contributed by atoms with E-state index in [0.717, 1.165) is 27.3 Å². The number of hydrogen-bond donors (Lipinski definition) is 2. The Kier molecular flexibility index (Phi) is 4.60. The first-order chi connectivity index (χ1) is 13.9. The smallest absolute Gasteiger partial charge is 0.337 e. The second-order valence-corrected chi connectivity index (χ2v) is 8.14. The molecule has 1 aromatic carbocycles. The van der Waals surface area contributed by atoms with E-state index in [-0.39, 0.29) is 5.88 Å². The van der Waals surface area contributed by atoms with E-state index in [9.17, 15) is 10.1 Å². The van der Waals surface area contributed by atoms with Gasteiger partial charge in [-0.3, -0.25) is 5.10 Å². The van der Waals surface area contributed by atoms with Gasteiger partial charge in [-0.25, -0.2) is 4.79 Å². The van der Waals surface area contributed by atoms with E-state index in [2.05, 4.69) is 22.3 Å². The van der Waals surface area contributed by atoms with Crippen molar-refractivity contribution in [2.75, 3.05) is 7.11 Å². The molecule has 0 bridgehead atoms. The topological polar surface area (TPSA) is 114 Å². The number of carbonyl (C=O) groups is 1. The molecule has 1 atom stereocenters. The van der Waals surface area contributed by atoms with Crippen LogP contribution in [0, 0.1) is 25.2 Å². The van der Waals surface area contributed by atoms with E-state index in [1.807, 2.05) is 13.8 Å². The first-order valence-electron chi connectivity index (χ1n) is 8.86. The van der Waals surface area contributed by atoms with Crippen LogP contribution in [-0.2, 0) is 4.74 Å². The number of thiophene rings is 1. The van der Waals surface area contributed by atoms with Crippen LogP contribution in [-0.4, -0.2) is 23.3 Å². The van der Waals surface area contributed by atoms with Gasteiger partial charge in [-0.1, -0.05) is 12.1 Å². The number of nitrogens with two attached hydrogens (primary N) is 1. The Hall–Kier alpha value is -3.57. The number of nitrogens with zero attached hydrogens (tertiary/aromatic N) is 2. The standard InChI is InChI=1S/C21H18N4O3S/c1-10-8-14(11(2)29-10)18-17-16(12-4-6-13(7-5-12)21(26)27-3)15(9-22)19(23)28-20(17)25-24-18/h4-8,16H,23H2,1-3H3,(H,24,25)/t16-/m0/s1. The SMILES string of the molecule is COC(=O)c1ccc([C@H]2C(C#N)=C(N)Oc3n[nH]c(-c4cc(C)sc4C)c32)cc1. The third kappa shape index (κ3) is 3.05. The van der Waals surface area contributed by atoms with Crippen LogP contribution in [0.25, 0.3) is 11.3 Å². The average Bonchev–Trinajstić information content (AvgIpc) is 3.28. The maximum atomic E-state index is 11.8. The van der Waals surface area contributed by atoms with Gasteiger partial charge in [0.1, 0.15) is 11.6 Å². The number of aryl methyl sites for hydroxylation is 2. The first kappa shape index (κ1) is 18.8. The van der Waals surface area contributed by atoms with Crippen LogP contribution >= 0.6 is 11.3 Å². The quantitative estimate of drug-likeness (QED) is 0.640. The van der Waals surface area contributed by atoms with Gasteiger partial charge in [-0.2, -0.15) is 5.26 Å². The van der Waals surface area contributed by atoms with Crippen molar-refractivity contribution >= 4 is 17.3 Å². The van der Waals surface area contributed by atoms with Crippen LogP contribution in [0.5, 0.6) is 5.88 Å². The van der Waals surface area contributed by atoms with Gasteiger partial charge in [0.2, 0.25) is 11.8 Å². The van der Waals surface area contributed by atoms with Crippen LogP contribution in [0.2, 0.25) is 0 Å². The van der Waals surface area contributed by atoms with Crippen molar-refractivity contribution in [2.24, 2.45) is 5.73 Å². The molecule has 1 aliphatic rings. The maximum Gasteiger partial charge on any atom is 0.337 e. The number of methoxy groups -OCH3 is 1. The number of ether oxygens (including phenoxy) is 2. The number of fused-ring (bicyclic) bond motifs is 1. The number of esters is 1. The van der Waals surface area contributed by atoms with Crippen molar-refractivity contribution < 1.29 is 14.3 Å². The van der Waals surface area contributed by atoms with Crippen LogP contribution in [0.3, 0.4) is 0 Å². The predicted molar refractivity (Wildman–Crippen MR) is 108 cm³/mol. The second kappa shape index (κ2) is 7.11. The molecule has 0 saturated carbocycles. The summed E-state index contributed by atoms with van der Waals surface area (Å²) in [6.07, 6.45) is 0. The molecule has 0 radical (unpaired) electrons. The molecule has 2 aromatic heterocycles. The summed E-state index contributed by atoms with van der Waals surface area (Å²) in [5.41, 5.74) is 10.1. The molecule has 29 heavy (non-hydrogen) atoms. The zero-order valence-electron chi connectivity index (χ0n) is 16.1.